The van der Waals surface area contributed by atoms with Crippen LogP contribution < -0.4 is 5.32 Å². The van der Waals surface area contributed by atoms with Gasteiger partial charge in [0.1, 0.15) is 11.3 Å². The van der Waals surface area contributed by atoms with Crippen molar-refractivity contribution in [2.75, 3.05) is 12.0 Å². The van der Waals surface area contributed by atoms with E-state index >= 15 is 0 Å². The first-order chi connectivity index (χ1) is 12.3. The highest BCUT2D eigenvalue weighted by Gasteiger charge is 2.27. The second kappa shape index (κ2) is 7.05. The zero-order valence-corrected chi connectivity index (χ0v) is 15.5. The fourth-order valence-electron chi connectivity index (χ4n) is 2.81. The molecule has 1 N–H and O–H groups in total. The van der Waals surface area contributed by atoms with E-state index in [2.05, 4.69) is 15.4 Å². The number of hydrogen-bond acceptors (Lipinski definition) is 4. The standard InChI is InChI=1S/C18H19FN4O2S/c1-18(2,11-26(3)25)21-17(24)13-6-7-15(19)16-14(13)10-23(22-16)12-5-4-8-20-9-12/h4-10H,11H2,1-3H3,(H,21,24). The van der Waals surface area contributed by atoms with Gasteiger partial charge in [0, 0.05) is 17.8 Å². The Morgan fingerprint density at radius 3 is 2.81 bits per heavy atom. The number of nitrogens with one attached hydrogen (secondary N) is 1. The number of benzene rings is 1. The second-order valence-corrected chi connectivity index (χ2v) is 8.13. The van der Waals surface area contributed by atoms with E-state index in [0.717, 1.165) is 0 Å². The quantitative estimate of drug-likeness (QED) is 0.696. The van der Waals surface area contributed by atoms with E-state index < -0.39 is 22.5 Å². The molecule has 0 saturated carbocycles. The molecule has 0 aliphatic rings. The normalized spacial score (nSPS) is 13.0. The number of fused-ring (bicyclic) bond motifs is 1. The van der Waals surface area contributed by atoms with Gasteiger partial charge < -0.3 is 9.87 Å². The number of nitrogens with zero attached hydrogens (tertiary/aromatic N) is 3. The van der Waals surface area contributed by atoms with Crippen LogP contribution in [0.15, 0.2) is 42.9 Å². The van der Waals surface area contributed by atoms with Crippen molar-refractivity contribution in [3.63, 3.8) is 0 Å². The molecule has 3 rings (SSSR count). The van der Waals surface area contributed by atoms with Crippen LogP contribution in [0.2, 0.25) is 0 Å². The van der Waals surface area contributed by atoms with Gasteiger partial charge in [0.2, 0.25) is 0 Å². The summed E-state index contributed by atoms with van der Waals surface area (Å²) in [6.07, 6.45) is 6.42. The van der Waals surface area contributed by atoms with Crippen molar-refractivity contribution in [3.8, 4) is 5.69 Å². The van der Waals surface area contributed by atoms with Gasteiger partial charge in [-0.05, 0) is 38.1 Å². The summed E-state index contributed by atoms with van der Waals surface area (Å²) < 4.78 is 27.2. The van der Waals surface area contributed by atoms with E-state index in [1.807, 2.05) is 0 Å². The highest BCUT2D eigenvalue weighted by molar-refractivity contribution is 7.90. The van der Waals surface area contributed by atoms with Gasteiger partial charge in [0.15, 0.2) is 5.82 Å². The summed E-state index contributed by atoms with van der Waals surface area (Å²) in [5.74, 6) is -0.554. The molecule has 1 unspecified atom stereocenters. The van der Waals surface area contributed by atoms with Crippen LogP contribution in [0.25, 0.3) is 16.6 Å². The lowest BCUT2D eigenvalue weighted by Gasteiger charge is -2.25. The summed E-state index contributed by atoms with van der Waals surface area (Å²) in [6.45, 7) is 3.60. The van der Waals surface area contributed by atoms with Crippen LogP contribution >= 0.6 is 0 Å². The minimum absolute atomic E-state index is 0.110. The Morgan fingerprint density at radius 1 is 1.38 bits per heavy atom. The van der Waals surface area contributed by atoms with Crippen LogP contribution in [-0.2, 0) is 11.2 Å². The molecule has 136 valence electrons. The first-order valence-corrected chi connectivity index (χ1v) is 9.70. The van der Waals surface area contributed by atoms with Gasteiger partial charge >= 0.3 is 0 Å². The molecule has 2 heterocycles. The minimum Gasteiger partial charge on any atom is -0.616 e. The Bertz CT molecular complexity index is 941. The smallest absolute Gasteiger partial charge is 0.252 e. The van der Waals surface area contributed by atoms with Crippen LogP contribution in [-0.4, -0.2) is 42.8 Å². The van der Waals surface area contributed by atoms with E-state index in [4.69, 9.17) is 0 Å². The number of amides is 1. The average Bonchev–Trinajstić information content (AvgIpc) is 3.00. The number of halogens is 1. The van der Waals surface area contributed by atoms with Gasteiger partial charge in [-0.25, -0.2) is 9.07 Å². The van der Waals surface area contributed by atoms with Crippen molar-refractivity contribution in [1.29, 1.82) is 0 Å². The maximum Gasteiger partial charge on any atom is 0.252 e. The number of aromatic nitrogens is 3. The molecule has 0 radical (unpaired) electrons. The summed E-state index contributed by atoms with van der Waals surface area (Å²) >= 11 is -1.06. The molecule has 1 atom stereocenters. The lowest BCUT2D eigenvalue weighted by molar-refractivity contribution is 0.0922. The predicted molar refractivity (Wildman–Crippen MR) is 99.3 cm³/mol. The van der Waals surface area contributed by atoms with Crippen molar-refractivity contribution >= 4 is 28.0 Å². The largest absolute Gasteiger partial charge is 0.616 e. The molecular formula is C18H19FN4O2S. The number of rotatable bonds is 5. The van der Waals surface area contributed by atoms with Gasteiger partial charge in [-0.1, -0.05) is 11.2 Å². The summed E-state index contributed by atoms with van der Waals surface area (Å²) in [4.78, 5) is 16.8. The molecule has 0 fully saturated rings. The zero-order chi connectivity index (χ0) is 18.9. The minimum atomic E-state index is -1.06. The van der Waals surface area contributed by atoms with Gasteiger partial charge in [0.05, 0.1) is 29.2 Å². The average molecular weight is 374 g/mol. The first-order valence-electron chi connectivity index (χ1n) is 7.98. The molecule has 0 saturated heterocycles. The van der Waals surface area contributed by atoms with Crippen LogP contribution in [0.4, 0.5) is 4.39 Å². The van der Waals surface area contributed by atoms with Crippen LogP contribution in [0.3, 0.4) is 0 Å². The fourth-order valence-corrected chi connectivity index (χ4v) is 3.90. The van der Waals surface area contributed by atoms with Crippen molar-refractivity contribution in [1.82, 2.24) is 20.1 Å². The third-order valence-corrected chi connectivity index (χ3v) is 4.93. The third-order valence-electron chi connectivity index (χ3n) is 3.80. The van der Waals surface area contributed by atoms with Crippen molar-refractivity contribution < 1.29 is 13.7 Å². The van der Waals surface area contributed by atoms with Crippen LogP contribution in [0, 0.1) is 5.82 Å². The molecule has 2 aromatic heterocycles. The molecule has 6 nitrogen and oxygen atoms in total. The number of carbonyl (C=O) groups is 1. The third kappa shape index (κ3) is 3.86. The summed E-state index contributed by atoms with van der Waals surface area (Å²) in [7, 11) is 0. The van der Waals surface area contributed by atoms with Crippen LogP contribution in [0.1, 0.15) is 24.2 Å². The lowest BCUT2D eigenvalue weighted by atomic mass is 10.1. The fraction of sp³-hybridized carbons (Fsp3) is 0.278. The van der Waals surface area contributed by atoms with E-state index in [1.165, 1.54) is 16.8 Å². The lowest BCUT2D eigenvalue weighted by Crippen LogP contribution is -2.48. The summed E-state index contributed by atoms with van der Waals surface area (Å²) in [6, 6.07) is 6.19. The highest BCUT2D eigenvalue weighted by atomic mass is 32.2. The Balaban J connectivity index is 2.00. The molecule has 0 spiro atoms. The molecule has 1 amide bonds. The molecule has 0 aliphatic carbocycles. The molecule has 26 heavy (non-hydrogen) atoms. The van der Waals surface area contributed by atoms with E-state index in [-0.39, 0.29) is 11.4 Å². The molecule has 1 aromatic carbocycles. The molecule has 8 heteroatoms. The molecule has 0 bridgehead atoms. The zero-order valence-electron chi connectivity index (χ0n) is 14.7. The van der Waals surface area contributed by atoms with Gasteiger partial charge in [0.25, 0.3) is 5.91 Å². The van der Waals surface area contributed by atoms with Gasteiger partial charge in [-0.2, -0.15) is 5.10 Å². The van der Waals surface area contributed by atoms with Gasteiger partial charge in [-0.15, -0.1) is 0 Å². The molecular weight excluding hydrogens is 355 g/mol. The Morgan fingerprint density at radius 2 is 2.15 bits per heavy atom. The topological polar surface area (TPSA) is 82.9 Å². The monoisotopic (exact) mass is 374 g/mol. The van der Waals surface area contributed by atoms with Crippen molar-refractivity contribution in [2.45, 2.75) is 19.4 Å². The molecule has 0 aliphatic heterocycles. The van der Waals surface area contributed by atoms with Crippen molar-refractivity contribution in [3.05, 3.63) is 54.2 Å². The second-order valence-electron chi connectivity index (χ2n) is 6.70. The number of carbonyl (C=O) groups excluding carboxylic acids is 1. The Labute approximate surface area is 153 Å². The predicted octanol–water partition coefficient (Wildman–Crippen LogP) is 2.45. The van der Waals surface area contributed by atoms with Crippen LogP contribution in [0.5, 0.6) is 0 Å². The number of hydrogen-bond donors (Lipinski definition) is 1. The summed E-state index contributed by atoms with van der Waals surface area (Å²) in [5, 5.41) is 7.51. The maximum atomic E-state index is 14.2. The number of pyridine rings is 1. The maximum absolute atomic E-state index is 14.2. The highest BCUT2D eigenvalue weighted by Crippen LogP contribution is 2.23. The first kappa shape index (κ1) is 18.3. The SMILES string of the molecule is C[S+]([O-])CC(C)(C)NC(=O)c1ccc(F)c2nn(-c3cccnc3)cc12. The van der Waals surface area contributed by atoms with E-state index in [1.54, 1.807) is 50.8 Å². The summed E-state index contributed by atoms with van der Waals surface area (Å²) in [5.41, 5.74) is 0.428. The Kier molecular flexibility index (Phi) is 4.97. The van der Waals surface area contributed by atoms with E-state index in [0.29, 0.717) is 22.4 Å². The van der Waals surface area contributed by atoms with Gasteiger partial charge in [-0.3, -0.25) is 9.78 Å². The molecule has 3 aromatic rings. The van der Waals surface area contributed by atoms with E-state index in [9.17, 15) is 13.7 Å². The van der Waals surface area contributed by atoms with Crippen molar-refractivity contribution in [2.24, 2.45) is 0 Å². The Hall–Kier alpha value is -2.45.